The molecule has 0 bridgehead atoms. The lowest BCUT2D eigenvalue weighted by atomic mass is 10.2. The van der Waals surface area contributed by atoms with Gasteiger partial charge in [-0.1, -0.05) is 11.6 Å². The van der Waals surface area contributed by atoms with E-state index in [9.17, 15) is 9.59 Å². The van der Waals surface area contributed by atoms with Crippen LogP contribution in [-0.2, 0) is 9.59 Å². The lowest BCUT2D eigenvalue weighted by Crippen LogP contribution is -2.28. The SMILES string of the molecule is Nc1ccc(NC(=O)CCN2CCCC2=O)c(Cl)c1. The molecule has 0 aromatic heterocycles. The Morgan fingerprint density at radius 1 is 1.47 bits per heavy atom. The number of nitrogens with one attached hydrogen (secondary N) is 1. The summed E-state index contributed by atoms with van der Waals surface area (Å²) in [5.41, 5.74) is 6.66. The predicted octanol–water partition coefficient (Wildman–Crippen LogP) is 1.87. The second kappa shape index (κ2) is 5.93. The minimum absolute atomic E-state index is 0.123. The number of hydrogen-bond donors (Lipinski definition) is 2. The van der Waals surface area contributed by atoms with E-state index >= 15 is 0 Å². The molecule has 1 heterocycles. The summed E-state index contributed by atoms with van der Waals surface area (Å²) in [6.07, 6.45) is 1.74. The van der Waals surface area contributed by atoms with Crippen molar-refractivity contribution in [2.45, 2.75) is 19.3 Å². The van der Waals surface area contributed by atoms with Gasteiger partial charge in [0.1, 0.15) is 0 Å². The van der Waals surface area contributed by atoms with Gasteiger partial charge in [-0.05, 0) is 24.6 Å². The van der Waals surface area contributed by atoms with Gasteiger partial charge >= 0.3 is 0 Å². The first-order chi connectivity index (χ1) is 9.06. The summed E-state index contributed by atoms with van der Waals surface area (Å²) >= 11 is 5.96. The highest BCUT2D eigenvalue weighted by molar-refractivity contribution is 6.34. The van der Waals surface area contributed by atoms with E-state index in [-0.39, 0.29) is 18.2 Å². The molecule has 0 unspecified atom stereocenters. The minimum atomic E-state index is -0.161. The highest BCUT2D eigenvalue weighted by Crippen LogP contribution is 2.24. The molecule has 19 heavy (non-hydrogen) atoms. The van der Waals surface area contributed by atoms with Crippen molar-refractivity contribution in [2.75, 3.05) is 24.1 Å². The maximum absolute atomic E-state index is 11.8. The third kappa shape index (κ3) is 3.61. The number of amides is 2. The second-order valence-corrected chi connectivity index (χ2v) is 4.93. The molecule has 6 heteroatoms. The Kier molecular flexibility index (Phi) is 4.27. The smallest absolute Gasteiger partial charge is 0.226 e. The second-order valence-electron chi connectivity index (χ2n) is 4.52. The monoisotopic (exact) mass is 281 g/mol. The molecule has 102 valence electrons. The molecule has 1 aromatic rings. The molecular weight excluding hydrogens is 266 g/mol. The molecule has 3 N–H and O–H groups in total. The van der Waals surface area contributed by atoms with Crippen LogP contribution in [0, 0.1) is 0 Å². The Bertz CT molecular complexity index is 505. The van der Waals surface area contributed by atoms with Crippen molar-refractivity contribution in [1.82, 2.24) is 4.90 Å². The van der Waals surface area contributed by atoms with Crippen LogP contribution in [0.5, 0.6) is 0 Å². The standard InChI is InChI=1S/C13H16ClN3O2/c14-10-8-9(15)3-4-11(10)16-12(18)5-7-17-6-1-2-13(17)19/h3-4,8H,1-2,5-7,15H2,(H,16,18). The Balaban J connectivity index is 1.85. The number of likely N-dealkylation sites (tertiary alicyclic amines) is 1. The van der Waals surface area contributed by atoms with Crippen LogP contribution < -0.4 is 11.1 Å². The number of hydrogen-bond acceptors (Lipinski definition) is 3. The largest absolute Gasteiger partial charge is 0.399 e. The molecule has 2 amide bonds. The summed E-state index contributed by atoms with van der Waals surface area (Å²) in [5.74, 6) is -0.0373. The molecule has 0 aliphatic carbocycles. The molecular formula is C13H16ClN3O2. The summed E-state index contributed by atoms with van der Waals surface area (Å²) in [5, 5.41) is 3.12. The van der Waals surface area contributed by atoms with Gasteiger partial charge < -0.3 is 16.0 Å². The maximum Gasteiger partial charge on any atom is 0.226 e. The van der Waals surface area contributed by atoms with Crippen molar-refractivity contribution in [1.29, 1.82) is 0 Å². The van der Waals surface area contributed by atoms with Crippen molar-refractivity contribution in [3.63, 3.8) is 0 Å². The molecule has 5 nitrogen and oxygen atoms in total. The van der Waals surface area contributed by atoms with Gasteiger partial charge in [-0.25, -0.2) is 0 Å². The molecule has 0 atom stereocenters. The quantitative estimate of drug-likeness (QED) is 0.827. The van der Waals surface area contributed by atoms with Gasteiger partial charge in [-0.3, -0.25) is 9.59 Å². The molecule has 0 saturated carbocycles. The molecule has 1 aromatic carbocycles. The zero-order valence-electron chi connectivity index (χ0n) is 10.5. The molecule has 1 saturated heterocycles. The van der Waals surface area contributed by atoms with Crippen molar-refractivity contribution < 1.29 is 9.59 Å². The fourth-order valence-electron chi connectivity index (χ4n) is 2.02. The topological polar surface area (TPSA) is 75.4 Å². The van der Waals surface area contributed by atoms with Gasteiger partial charge in [-0.2, -0.15) is 0 Å². The zero-order valence-corrected chi connectivity index (χ0v) is 11.2. The number of rotatable bonds is 4. The van der Waals surface area contributed by atoms with E-state index in [0.717, 1.165) is 13.0 Å². The molecule has 1 aliphatic heterocycles. The summed E-state index contributed by atoms with van der Waals surface area (Å²) < 4.78 is 0. The first-order valence-corrected chi connectivity index (χ1v) is 6.57. The number of carbonyl (C=O) groups is 2. The molecule has 1 aliphatic rings. The van der Waals surface area contributed by atoms with E-state index in [2.05, 4.69) is 5.32 Å². The van der Waals surface area contributed by atoms with Gasteiger partial charge in [0, 0.05) is 31.6 Å². The third-order valence-electron chi connectivity index (χ3n) is 3.05. The molecule has 0 spiro atoms. The average molecular weight is 282 g/mol. The van der Waals surface area contributed by atoms with Crippen molar-refractivity contribution in [3.05, 3.63) is 23.2 Å². The Morgan fingerprint density at radius 2 is 2.26 bits per heavy atom. The summed E-state index contributed by atoms with van der Waals surface area (Å²) in [7, 11) is 0. The van der Waals surface area contributed by atoms with E-state index in [1.165, 1.54) is 0 Å². The van der Waals surface area contributed by atoms with Crippen molar-refractivity contribution in [3.8, 4) is 0 Å². The summed E-state index contributed by atoms with van der Waals surface area (Å²) in [6.45, 7) is 1.20. The lowest BCUT2D eigenvalue weighted by Gasteiger charge is -2.15. The number of nitrogen functional groups attached to an aromatic ring is 1. The van der Waals surface area contributed by atoms with Gasteiger partial charge in [0.2, 0.25) is 11.8 Å². The van der Waals surface area contributed by atoms with Gasteiger partial charge in [0.15, 0.2) is 0 Å². The highest BCUT2D eigenvalue weighted by atomic mass is 35.5. The Hall–Kier alpha value is -1.75. The summed E-state index contributed by atoms with van der Waals surface area (Å²) in [6, 6.07) is 4.92. The van der Waals surface area contributed by atoms with E-state index in [1.807, 2.05) is 0 Å². The third-order valence-corrected chi connectivity index (χ3v) is 3.36. The number of benzene rings is 1. The number of nitrogens with zero attached hydrogens (tertiary/aromatic N) is 1. The van der Waals surface area contributed by atoms with Crippen molar-refractivity contribution in [2.24, 2.45) is 0 Å². The van der Waals surface area contributed by atoms with Crippen LogP contribution in [-0.4, -0.2) is 29.8 Å². The molecule has 0 radical (unpaired) electrons. The normalized spacial score (nSPS) is 14.8. The van der Waals surface area contributed by atoms with E-state index in [4.69, 9.17) is 17.3 Å². The Labute approximate surface area is 116 Å². The first kappa shape index (κ1) is 13.7. The van der Waals surface area contributed by atoms with Crippen LogP contribution in [0.2, 0.25) is 5.02 Å². The van der Waals surface area contributed by atoms with Crippen LogP contribution in [0.1, 0.15) is 19.3 Å². The van der Waals surface area contributed by atoms with Crippen LogP contribution in [0.3, 0.4) is 0 Å². The molecule has 1 fully saturated rings. The number of carbonyl (C=O) groups excluding carboxylic acids is 2. The first-order valence-electron chi connectivity index (χ1n) is 6.19. The number of anilines is 2. The van der Waals surface area contributed by atoms with Crippen LogP contribution in [0.4, 0.5) is 11.4 Å². The highest BCUT2D eigenvalue weighted by Gasteiger charge is 2.20. The van der Waals surface area contributed by atoms with E-state index < -0.39 is 0 Å². The van der Waals surface area contributed by atoms with Crippen LogP contribution >= 0.6 is 11.6 Å². The van der Waals surface area contributed by atoms with Gasteiger partial charge in [0.05, 0.1) is 10.7 Å². The minimum Gasteiger partial charge on any atom is -0.399 e. The van der Waals surface area contributed by atoms with Crippen LogP contribution in [0.25, 0.3) is 0 Å². The van der Waals surface area contributed by atoms with E-state index in [0.29, 0.717) is 29.4 Å². The molecule has 2 rings (SSSR count). The zero-order chi connectivity index (χ0) is 13.8. The average Bonchev–Trinajstić information content (AvgIpc) is 2.76. The van der Waals surface area contributed by atoms with E-state index in [1.54, 1.807) is 23.1 Å². The fraction of sp³-hybridized carbons (Fsp3) is 0.385. The van der Waals surface area contributed by atoms with Gasteiger partial charge in [-0.15, -0.1) is 0 Å². The number of halogens is 1. The number of nitrogens with two attached hydrogens (primary N) is 1. The lowest BCUT2D eigenvalue weighted by molar-refractivity contribution is -0.128. The summed E-state index contributed by atoms with van der Waals surface area (Å²) in [4.78, 5) is 24.9. The van der Waals surface area contributed by atoms with Gasteiger partial charge in [0.25, 0.3) is 0 Å². The maximum atomic E-state index is 11.8. The fourth-order valence-corrected chi connectivity index (χ4v) is 2.26. The predicted molar refractivity (Wildman–Crippen MR) is 74.9 cm³/mol. The Morgan fingerprint density at radius 3 is 2.89 bits per heavy atom. The van der Waals surface area contributed by atoms with Crippen molar-refractivity contribution >= 4 is 34.8 Å². The van der Waals surface area contributed by atoms with Crippen LogP contribution in [0.15, 0.2) is 18.2 Å².